The lowest BCUT2D eigenvalue weighted by atomic mass is 10.1. The number of rotatable bonds is 7. The van der Waals surface area contributed by atoms with Crippen LogP contribution in [0.15, 0.2) is 54.6 Å². The Bertz CT molecular complexity index is 875. The fourth-order valence-electron chi connectivity index (χ4n) is 3.49. The number of nitro benzene ring substituents is 1. The van der Waals surface area contributed by atoms with Gasteiger partial charge in [-0.3, -0.25) is 14.9 Å². The number of quaternary nitrogens is 1. The Balaban J connectivity index is 1.56. The van der Waals surface area contributed by atoms with Gasteiger partial charge in [-0.15, -0.1) is 0 Å². The highest BCUT2D eigenvalue weighted by atomic mass is 16.6. The van der Waals surface area contributed by atoms with Crippen LogP contribution in [0.3, 0.4) is 0 Å². The summed E-state index contributed by atoms with van der Waals surface area (Å²) in [5.74, 6) is -0.143. The fraction of sp³-hybridized carbons (Fsp3) is 0.318. The van der Waals surface area contributed by atoms with Gasteiger partial charge in [0, 0.05) is 18.2 Å². The van der Waals surface area contributed by atoms with Crippen LogP contribution in [0.4, 0.5) is 11.4 Å². The fourth-order valence-corrected chi connectivity index (χ4v) is 3.49. The molecule has 152 valence electrons. The van der Waals surface area contributed by atoms with E-state index in [-0.39, 0.29) is 11.6 Å². The number of hydrogen-bond donors (Lipinski definition) is 2. The average molecular weight is 395 g/mol. The average Bonchev–Trinajstić information content (AvgIpc) is 2.75. The first kappa shape index (κ1) is 20.5. The van der Waals surface area contributed by atoms with Crippen LogP contribution in [0.1, 0.15) is 22.8 Å². The van der Waals surface area contributed by atoms with Gasteiger partial charge in [0.15, 0.2) is 0 Å². The van der Waals surface area contributed by atoms with E-state index < -0.39 is 4.92 Å². The number of carbonyl (C=O) groups excluding carboxylic acids is 1. The molecule has 2 aromatic rings. The minimum atomic E-state index is -0.448. The molecule has 0 bridgehead atoms. The molecule has 1 amide bonds. The van der Waals surface area contributed by atoms with E-state index in [1.807, 2.05) is 25.1 Å². The van der Waals surface area contributed by atoms with Crippen LogP contribution in [0.25, 0.3) is 6.08 Å². The molecule has 7 nitrogen and oxygen atoms in total. The van der Waals surface area contributed by atoms with Crippen molar-refractivity contribution in [2.45, 2.75) is 6.92 Å². The van der Waals surface area contributed by atoms with Crippen LogP contribution in [-0.4, -0.2) is 55.0 Å². The van der Waals surface area contributed by atoms with E-state index in [2.05, 4.69) is 29.6 Å². The molecule has 0 aliphatic carbocycles. The number of amides is 1. The minimum absolute atomic E-state index is 0.0620. The van der Waals surface area contributed by atoms with Crippen LogP contribution >= 0.6 is 0 Å². The minimum Gasteiger partial charge on any atom is -0.380 e. The molecule has 1 aliphatic heterocycles. The van der Waals surface area contributed by atoms with Gasteiger partial charge < -0.3 is 15.1 Å². The summed E-state index contributed by atoms with van der Waals surface area (Å²) in [6, 6.07) is 14.8. The first-order chi connectivity index (χ1) is 14.1. The van der Waals surface area contributed by atoms with Crippen molar-refractivity contribution in [2.75, 3.05) is 44.6 Å². The monoisotopic (exact) mass is 395 g/mol. The molecule has 0 spiro atoms. The summed E-state index contributed by atoms with van der Waals surface area (Å²) in [5, 5.41) is 14.3. The van der Waals surface area contributed by atoms with Gasteiger partial charge in [-0.25, -0.2) is 0 Å². The van der Waals surface area contributed by atoms with Gasteiger partial charge in [0.1, 0.15) is 5.69 Å². The number of carbonyl (C=O) groups is 1. The maximum absolute atomic E-state index is 12.8. The Hall–Kier alpha value is -3.19. The Morgan fingerprint density at radius 2 is 1.93 bits per heavy atom. The van der Waals surface area contributed by atoms with E-state index in [0.29, 0.717) is 30.9 Å². The van der Waals surface area contributed by atoms with Gasteiger partial charge in [0.05, 0.1) is 37.6 Å². The molecule has 0 aromatic heterocycles. The SMILES string of the molecule is CCNc1ccc(C(=O)N2CC[NH+](C/C=C/c3ccccc3)CC2)cc1[N+](=O)[O-]. The second-order valence-electron chi connectivity index (χ2n) is 7.08. The lowest BCUT2D eigenvalue weighted by Crippen LogP contribution is -3.14. The van der Waals surface area contributed by atoms with E-state index in [9.17, 15) is 14.9 Å². The molecule has 2 aromatic carbocycles. The zero-order chi connectivity index (χ0) is 20.6. The second-order valence-corrected chi connectivity index (χ2v) is 7.08. The summed E-state index contributed by atoms with van der Waals surface area (Å²) in [6.07, 6.45) is 4.29. The molecule has 0 atom stereocenters. The van der Waals surface area contributed by atoms with Crippen molar-refractivity contribution < 1.29 is 14.6 Å². The van der Waals surface area contributed by atoms with Crippen molar-refractivity contribution in [3.8, 4) is 0 Å². The van der Waals surface area contributed by atoms with Crippen LogP contribution in [0.2, 0.25) is 0 Å². The van der Waals surface area contributed by atoms with Gasteiger partial charge in [-0.05, 0) is 30.7 Å². The van der Waals surface area contributed by atoms with E-state index in [1.54, 1.807) is 17.0 Å². The summed E-state index contributed by atoms with van der Waals surface area (Å²) in [7, 11) is 0. The van der Waals surface area contributed by atoms with E-state index >= 15 is 0 Å². The zero-order valence-electron chi connectivity index (χ0n) is 16.6. The third-order valence-electron chi connectivity index (χ3n) is 5.08. The Morgan fingerprint density at radius 1 is 1.21 bits per heavy atom. The maximum Gasteiger partial charge on any atom is 0.293 e. The number of nitrogens with zero attached hydrogens (tertiary/aromatic N) is 2. The van der Waals surface area contributed by atoms with Gasteiger partial charge in [0.25, 0.3) is 11.6 Å². The molecule has 1 fully saturated rings. The molecule has 3 rings (SSSR count). The Kier molecular flexibility index (Phi) is 6.97. The van der Waals surface area contributed by atoms with Crippen LogP contribution < -0.4 is 10.2 Å². The number of nitro groups is 1. The highest BCUT2D eigenvalue weighted by molar-refractivity contribution is 5.95. The molecule has 1 heterocycles. The van der Waals surface area contributed by atoms with Crippen molar-refractivity contribution in [2.24, 2.45) is 0 Å². The van der Waals surface area contributed by atoms with Crippen molar-refractivity contribution >= 4 is 23.4 Å². The molecular weight excluding hydrogens is 368 g/mol. The standard InChI is InChI=1S/C22H26N4O3/c1-2-23-20-11-10-19(17-21(20)26(28)29)22(27)25-15-13-24(14-16-25)12-6-9-18-7-4-3-5-8-18/h3-11,17,23H,2,12-16H2,1H3/p+1/b9-6+. The Labute approximate surface area is 170 Å². The number of hydrogen-bond acceptors (Lipinski definition) is 4. The highest BCUT2D eigenvalue weighted by Gasteiger charge is 2.25. The molecule has 7 heteroatoms. The summed E-state index contributed by atoms with van der Waals surface area (Å²) in [5.41, 5.74) is 1.93. The number of anilines is 1. The number of piperazine rings is 1. The lowest BCUT2D eigenvalue weighted by molar-refractivity contribution is -0.898. The highest BCUT2D eigenvalue weighted by Crippen LogP contribution is 2.26. The molecule has 2 N–H and O–H groups in total. The normalized spacial score (nSPS) is 14.9. The summed E-state index contributed by atoms with van der Waals surface area (Å²) in [6.45, 7) is 6.40. The smallest absolute Gasteiger partial charge is 0.293 e. The molecule has 0 radical (unpaired) electrons. The van der Waals surface area contributed by atoms with Crippen molar-refractivity contribution in [3.63, 3.8) is 0 Å². The van der Waals surface area contributed by atoms with Crippen LogP contribution in [0, 0.1) is 10.1 Å². The molecular formula is C22H27N4O3+. The van der Waals surface area contributed by atoms with Crippen molar-refractivity contribution in [3.05, 3.63) is 75.8 Å². The molecule has 29 heavy (non-hydrogen) atoms. The van der Waals surface area contributed by atoms with Gasteiger partial charge in [0.2, 0.25) is 0 Å². The van der Waals surface area contributed by atoms with Gasteiger partial charge >= 0.3 is 0 Å². The quantitative estimate of drug-likeness (QED) is 0.556. The Morgan fingerprint density at radius 3 is 2.59 bits per heavy atom. The molecule has 0 unspecified atom stereocenters. The van der Waals surface area contributed by atoms with Crippen LogP contribution in [0.5, 0.6) is 0 Å². The number of nitrogens with one attached hydrogen (secondary N) is 2. The zero-order valence-corrected chi connectivity index (χ0v) is 16.6. The predicted molar refractivity (Wildman–Crippen MR) is 114 cm³/mol. The third-order valence-corrected chi connectivity index (χ3v) is 5.08. The predicted octanol–water partition coefficient (Wildman–Crippen LogP) is 2.08. The molecule has 0 saturated carbocycles. The summed E-state index contributed by atoms with van der Waals surface area (Å²) in [4.78, 5) is 26.9. The van der Waals surface area contributed by atoms with Gasteiger partial charge in [-0.1, -0.05) is 36.4 Å². The summed E-state index contributed by atoms with van der Waals surface area (Å²) >= 11 is 0. The lowest BCUT2D eigenvalue weighted by Gasteiger charge is -2.31. The molecule has 1 saturated heterocycles. The van der Waals surface area contributed by atoms with Crippen LogP contribution in [-0.2, 0) is 0 Å². The van der Waals surface area contributed by atoms with E-state index in [1.165, 1.54) is 16.5 Å². The van der Waals surface area contributed by atoms with Crippen molar-refractivity contribution in [1.29, 1.82) is 0 Å². The summed E-state index contributed by atoms with van der Waals surface area (Å²) < 4.78 is 0. The number of benzene rings is 2. The third kappa shape index (κ3) is 5.42. The van der Waals surface area contributed by atoms with E-state index in [4.69, 9.17) is 0 Å². The largest absolute Gasteiger partial charge is 0.380 e. The van der Waals surface area contributed by atoms with Gasteiger partial charge in [-0.2, -0.15) is 0 Å². The topological polar surface area (TPSA) is 79.9 Å². The van der Waals surface area contributed by atoms with Crippen molar-refractivity contribution in [1.82, 2.24) is 4.90 Å². The second kappa shape index (κ2) is 9.84. The maximum atomic E-state index is 12.8. The first-order valence-electron chi connectivity index (χ1n) is 9.95. The van der Waals surface area contributed by atoms with E-state index in [0.717, 1.165) is 19.6 Å². The molecule has 1 aliphatic rings. The first-order valence-corrected chi connectivity index (χ1v) is 9.95.